The molecule has 0 radical (unpaired) electrons. The van der Waals surface area contributed by atoms with Gasteiger partial charge in [-0.25, -0.2) is 0 Å². The molecule has 3 rings (SSSR count). The van der Waals surface area contributed by atoms with Gasteiger partial charge in [-0.15, -0.1) is 0 Å². The summed E-state index contributed by atoms with van der Waals surface area (Å²) in [6.45, 7) is 5.32. The molecule has 1 aromatic rings. The zero-order valence-corrected chi connectivity index (χ0v) is 11.6. The average Bonchev–Trinajstić information content (AvgIpc) is 3.14. The van der Waals surface area contributed by atoms with Gasteiger partial charge in [-0.05, 0) is 31.2 Å². The van der Waals surface area contributed by atoms with Crippen LogP contribution in [0.25, 0.3) is 0 Å². The van der Waals surface area contributed by atoms with Gasteiger partial charge in [0.25, 0.3) is 0 Å². The van der Waals surface area contributed by atoms with E-state index in [0.717, 1.165) is 6.54 Å². The van der Waals surface area contributed by atoms with Crippen LogP contribution in [-0.4, -0.2) is 28.2 Å². The zero-order chi connectivity index (χ0) is 13.0. The molecule has 1 aliphatic carbocycles. The summed E-state index contributed by atoms with van der Waals surface area (Å²) in [6.07, 6.45) is 5.11. The third kappa shape index (κ3) is 2.60. The Hall–Kier alpha value is -0.860. The van der Waals surface area contributed by atoms with E-state index >= 15 is 0 Å². The standard InChI is InChI=1S/C14H19NO.C2H6/c16-11-13-6-7-14(8-9-14)15(13)10-12-4-2-1-3-5-12;1-2/h1-5,13,16H,6-11H2;1-2H3. The van der Waals surface area contributed by atoms with Crippen LogP contribution >= 0.6 is 0 Å². The molecule has 18 heavy (non-hydrogen) atoms. The summed E-state index contributed by atoms with van der Waals surface area (Å²) in [4.78, 5) is 2.54. The van der Waals surface area contributed by atoms with E-state index in [0.29, 0.717) is 18.2 Å². The van der Waals surface area contributed by atoms with E-state index in [1.54, 1.807) is 0 Å². The molecule has 0 aromatic heterocycles. The number of rotatable bonds is 3. The number of aliphatic hydroxyl groups excluding tert-OH is 1. The zero-order valence-electron chi connectivity index (χ0n) is 11.6. The van der Waals surface area contributed by atoms with E-state index in [1.165, 1.54) is 31.2 Å². The maximum absolute atomic E-state index is 9.43. The molecule has 1 unspecified atom stereocenters. The fourth-order valence-corrected chi connectivity index (χ4v) is 3.07. The minimum absolute atomic E-state index is 0.314. The monoisotopic (exact) mass is 247 g/mol. The third-order valence-electron chi connectivity index (χ3n) is 4.23. The molecule has 2 heteroatoms. The highest BCUT2D eigenvalue weighted by molar-refractivity contribution is 5.18. The molecular formula is C16H25NO. The Balaban J connectivity index is 0.000000574. The molecule has 1 spiro atoms. The molecule has 0 bridgehead atoms. The number of hydrogen-bond donors (Lipinski definition) is 1. The lowest BCUT2D eigenvalue weighted by Gasteiger charge is -2.29. The summed E-state index contributed by atoms with van der Waals surface area (Å²) >= 11 is 0. The second kappa shape index (κ2) is 5.85. The summed E-state index contributed by atoms with van der Waals surface area (Å²) in [6, 6.07) is 11.0. The predicted octanol–water partition coefficient (Wildman–Crippen LogP) is 3.20. The van der Waals surface area contributed by atoms with Crippen molar-refractivity contribution in [3.8, 4) is 0 Å². The van der Waals surface area contributed by atoms with Crippen molar-refractivity contribution in [3.63, 3.8) is 0 Å². The molecule has 100 valence electrons. The average molecular weight is 247 g/mol. The molecule has 2 nitrogen and oxygen atoms in total. The lowest BCUT2D eigenvalue weighted by atomic mass is 10.1. The quantitative estimate of drug-likeness (QED) is 0.886. The Morgan fingerprint density at radius 2 is 1.83 bits per heavy atom. The van der Waals surface area contributed by atoms with Crippen LogP contribution in [0.15, 0.2) is 30.3 Å². The van der Waals surface area contributed by atoms with E-state index in [4.69, 9.17) is 0 Å². The van der Waals surface area contributed by atoms with Gasteiger partial charge in [-0.3, -0.25) is 4.90 Å². The summed E-state index contributed by atoms with van der Waals surface area (Å²) < 4.78 is 0. The lowest BCUT2D eigenvalue weighted by Crippen LogP contribution is -2.38. The Bertz CT molecular complexity index is 359. The lowest BCUT2D eigenvalue weighted by molar-refractivity contribution is 0.112. The normalized spacial score (nSPS) is 24.7. The highest BCUT2D eigenvalue weighted by atomic mass is 16.3. The van der Waals surface area contributed by atoms with Crippen LogP contribution in [0.2, 0.25) is 0 Å². The van der Waals surface area contributed by atoms with Crippen molar-refractivity contribution in [2.75, 3.05) is 6.61 Å². The van der Waals surface area contributed by atoms with Gasteiger partial charge in [-0.1, -0.05) is 44.2 Å². The van der Waals surface area contributed by atoms with Crippen molar-refractivity contribution < 1.29 is 5.11 Å². The summed E-state index contributed by atoms with van der Waals surface area (Å²) in [5.41, 5.74) is 1.83. The second-order valence-corrected chi connectivity index (χ2v) is 5.21. The molecule has 2 fully saturated rings. The van der Waals surface area contributed by atoms with E-state index in [2.05, 4.69) is 35.2 Å². The van der Waals surface area contributed by atoms with Gasteiger partial charge in [-0.2, -0.15) is 0 Å². The number of hydrogen-bond acceptors (Lipinski definition) is 2. The summed E-state index contributed by atoms with van der Waals surface area (Å²) in [5.74, 6) is 0. The Labute approximate surface area is 111 Å². The fraction of sp³-hybridized carbons (Fsp3) is 0.625. The molecule has 2 aliphatic rings. The molecule has 1 aliphatic heterocycles. The van der Waals surface area contributed by atoms with Gasteiger partial charge in [0.2, 0.25) is 0 Å². The van der Waals surface area contributed by atoms with Crippen LogP contribution in [0.4, 0.5) is 0 Å². The van der Waals surface area contributed by atoms with Crippen molar-refractivity contribution in [1.29, 1.82) is 0 Å². The van der Waals surface area contributed by atoms with Crippen molar-refractivity contribution in [2.24, 2.45) is 0 Å². The van der Waals surface area contributed by atoms with Crippen molar-refractivity contribution >= 4 is 0 Å². The maximum atomic E-state index is 9.43. The van der Waals surface area contributed by atoms with Gasteiger partial charge in [0, 0.05) is 18.1 Å². The number of aliphatic hydroxyl groups is 1. The van der Waals surface area contributed by atoms with Crippen molar-refractivity contribution in [2.45, 2.75) is 57.7 Å². The SMILES string of the molecule is CC.OCC1CCC2(CC2)N1Cc1ccccc1. The van der Waals surface area contributed by atoms with Gasteiger partial charge in [0.05, 0.1) is 6.61 Å². The predicted molar refractivity (Wildman–Crippen MR) is 75.4 cm³/mol. The number of likely N-dealkylation sites (tertiary alicyclic amines) is 1. The van der Waals surface area contributed by atoms with Crippen LogP contribution in [-0.2, 0) is 6.54 Å². The molecule has 1 heterocycles. The highest BCUT2D eigenvalue weighted by Crippen LogP contribution is 2.52. The molecule has 1 atom stereocenters. The first kappa shape index (κ1) is 13.6. The van der Waals surface area contributed by atoms with E-state index < -0.39 is 0 Å². The Kier molecular flexibility index (Phi) is 4.41. The van der Waals surface area contributed by atoms with E-state index in [1.807, 2.05) is 13.8 Å². The molecule has 1 saturated carbocycles. The fourth-order valence-electron chi connectivity index (χ4n) is 3.07. The first-order valence-corrected chi connectivity index (χ1v) is 7.26. The largest absolute Gasteiger partial charge is 0.395 e. The first-order chi connectivity index (χ1) is 8.84. The van der Waals surface area contributed by atoms with E-state index in [9.17, 15) is 5.11 Å². The molecule has 1 N–H and O–H groups in total. The molecule has 0 amide bonds. The molecule has 1 aromatic carbocycles. The van der Waals surface area contributed by atoms with Crippen LogP contribution in [0.3, 0.4) is 0 Å². The van der Waals surface area contributed by atoms with Gasteiger partial charge >= 0.3 is 0 Å². The second-order valence-electron chi connectivity index (χ2n) is 5.21. The van der Waals surface area contributed by atoms with Crippen LogP contribution < -0.4 is 0 Å². The Morgan fingerprint density at radius 3 is 2.39 bits per heavy atom. The summed E-state index contributed by atoms with van der Waals surface area (Å²) in [7, 11) is 0. The smallest absolute Gasteiger partial charge is 0.0587 e. The maximum Gasteiger partial charge on any atom is 0.0587 e. The van der Waals surface area contributed by atoms with Crippen LogP contribution in [0, 0.1) is 0 Å². The topological polar surface area (TPSA) is 23.5 Å². The highest BCUT2D eigenvalue weighted by Gasteiger charge is 2.53. The van der Waals surface area contributed by atoms with Gasteiger partial charge in [0.15, 0.2) is 0 Å². The third-order valence-corrected chi connectivity index (χ3v) is 4.23. The Morgan fingerprint density at radius 1 is 1.17 bits per heavy atom. The van der Waals surface area contributed by atoms with E-state index in [-0.39, 0.29) is 0 Å². The number of benzene rings is 1. The summed E-state index contributed by atoms with van der Waals surface area (Å²) in [5, 5.41) is 9.43. The first-order valence-electron chi connectivity index (χ1n) is 7.26. The van der Waals surface area contributed by atoms with Crippen molar-refractivity contribution in [3.05, 3.63) is 35.9 Å². The van der Waals surface area contributed by atoms with Crippen LogP contribution in [0.1, 0.15) is 45.1 Å². The molecule has 1 saturated heterocycles. The van der Waals surface area contributed by atoms with Crippen LogP contribution in [0.5, 0.6) is 0 Å². The van der Waals surface area contributed by atoms with Gasteiger partial charge < -0.3 is 5.11 Å². The minimum Gasteiger partial charge on any atom is -0.395 e. The number of nitrogens with zero attached hydrogens (tertiary/aromatic N) is 1. The minimum atomic E-state index is 0.314. The van der Waals surface area contributed by atoms with Crippen molar-refractivity contribution in [1.82, 2.24) is 4.90 Å². The molecular weight excluding hydrogens is 222 g/mol. The van der Waals surface area contributed by atoms with Gasteiger partial charge in [0.1, 0.15) is 0 Å².